The maximum atomic E-state index is 10.9. The maximum Gasteiger partial charge on any atom is 1.00 e. The van der Waals surface area contributed by atoms with Crippen LogP contribution in [0.2, 0.25) is 0 Å². The fraction of sp³-hybridized carbons (Fsp3) is 1.00. The minimum atomic E-state index is -6.07. The minimum Gasteiger partial charge on any atom is -0.776 e. The quantitative estimate of drug-likeness (QED) is 0.0925. The van der Waals surface area contributed by atoms with Crippen LogP contribution in [0.25, 0.3) is 0 Å². The molecule has 0 rings (SSSR count). The zero-order valence-corrected chi connectivity index (χ0v) is 27.1. The van der Waals surface area contributed by atoms with Gasteiger partial charge in [-0.1, -0.05) is 0 Å². The van der Waals surface area contributed by atoms with Crippen molar-refractivity contribution < 1.29 is 186 Å². The molecule has 4 unspecified atom stereocenters. The van der Waals surface area contributed by atoms with Gasteiger partial charge in [-0.3, -0.25) is 0 Å². The molecular formula is C6H14Na4O14P4. The predicted molar refractivity (Wildman–Crippen MR) is 67.7 cm³/mol. The second kappa shape index (κ2) is 14.8. The first-order chi connectivity index (χ1) is 10.2. The molecule has 0 amide bonds. The fourth-order valence-electron chi connectivity index (χ4n) is 1.61. The Labute approximate surface area is 248 Å². The zero-order valence-electron chi connectivity index (χ0n) is 15.6. The molecule has 0 aliphatic rings. The van der Waals surface area contributed by atoms with Gasteiger partial charge >= 0.3 is 118 Å². The molecule has 28 heavy (non-hydrogen) atoms. The van der Waals surface area contributed by atoms with Gasteiger partial charge in [-0.05, 0) is 25.7 Å². The topological polar surface area (TPSA) is 282 Å². The summed E-state index contributed by atoms with van der Waals surface area (Å²) in [4.78, 5) is 78.3. The van der Waals surface area contributed by atoms with Crippen molar-refractivity contribution in [3.8, 4) is 0 Å². The Bertz CT molecular complexity index is 548. The average Bonchev–Trinajstić information content (AvgIpc) is 2.28. The van der Waals surface area contributed by atoms with E-state index in [9.17, 15) is 48.0 Å². The molecule has 14 nitrogen and oxygen atoms in total. The van der Waals surface area contributed by atoms with Crippen molar-refractivity contribution >= 4 is 30.4 Å². The molecule has 22 heteroatoms. The van der Waals surface area contributed by atoms with Crippen LogP contribution in [0.3, 0.4) is 0 Å². The number of rotatable bonds is 9. The number of hydrogen-bond donors (Lipinski definition) is 6. The van der Waals surface area contributed by atoms with Crippen LogP contribution in [0.4, 0.5) is 0 Å². The summed E-state index contributed by atoms with van der Waals surface area (Å²) < 4.78 is 43.6. The van der Waals surface area contributed by atoms with Crippen LogP contribution < -0.4 is 138 Å². The Hall–Kier alpha value is 4.52. The van der Waals surface area contributed by atoms with E-state index >= 15 is 0 Å². The van der Waals surface area contributed by atoms with E-state index in [1.807, 2.05) is 0 Å². The van der Waals surface area contributed by atoms with Crippen molar-refractivity contribution in [2.24, 2.45) is 0 Å². The Morgan fingerprint density at radius 2 is 0.679 bits per heavy atom. The smallest absolute Gasteiger partial charge is 0.776 e. The molecule has 0 saturated carbocycles. The molecule has 0 heterocycles. The van der Waals surface area contributed by atoms with E-state index < -0.39 is 66.2 Å². The standard InChI is InChI=1S/C6H18O14P4.4Na/c7-5(21(9,10)11,22(12,13)14)3-1-2-4-6(8,23(15,16)17)24(18,19)20;;;;/h7-8H,1-4H2,(H2,9,10,11)(H2,12,13,14)(H2,15,16,17)(H2,18,19,20);;;;/q;4*+1/p-4. The first-order valence-electron chi connectivity index (χ1n) is 5.81. The van der Waals surface area contributed by atoms with Crippen molar-refractivity contribution in [3.63, 3.8) is 0 Å². The van der Waals surface area contributed by atoms with Gasteiger partial charge in [0.1, 0.15) is 0 Å². The summed E-state index contributed by atoms with van der Waals surface area (Å²) in [6.45, 7) is 0. The molecule has 0 aliphatic carbocycles. The predicted octanol–water partition coefficient (Wildman–Crippen LogP) is -16.0. The van der Waals surface area contributed by atoms with Gasteiger partial charge < -0.3 is 67.6 Å². The van der Waals surface area contributed by atoms with Gasteiger partial charge in [0.05, 0.1) is 0 Å². The van der Waals surface area contributed by atoms with Crippen LogP contribution in [0.1, 0.15) is 25.7 Å². The number of aliphatic hydroxyl groups is 2. The van der Waals surface area contributed by atoms with Crippen LogP contribution in [-0.2, 0) is 18.3 Å². The zero-order chi connectivity index (χ0) is 19.8. The van der Waals surface area contributed by atoms with E-state index in [0.29, 0.717) is 0 Å². The van der Waals surface area contributed by atoms with E-state index in [0.717, 1.165) is 0 Å². The largest absolute Gasteiger partial charge is 1.00 e. The Kier molecular flexibility index (Phi) is 22.6. The molecular weight excluding hydrogens is 512 g/mol. The molecule has 0 spiro atoms. The van der Waals surface area contributed by atoms with Gasteiger partial charge in [0.25, 0.3) is 0 Å². The normalized spacial score (nSPS) is 23.6. The van der Waals surface area contributed by atoms with Crippen LogP contribution in [0, 0.1) is 0 Å². The van der Waals surface area contributed by atoms with Gasteiger partial charge in [0.15, 0.2) is 40.5 Å². The number of unbranched alkanes of at least 4 members (excludes halogenated alkanes) is 1. The molecule has 0 radical (unpaired) electrons. The Morgan fingerprint density at radius 1 is 0.536 bits per heavy atom. The summed E-state index contributed by atoms with van der Waals surface area (Å²) in [6.07, 6.45) is -4.61. The van der Waals surface area contributed by atoms with Crippen molar-refractivity contribution in [2.45, 2.75) is 35.8 Å². The van der Waals surface area contributed by atoms with E-state index in [4.69, 9.17) is 19.6 Å². The summed E-state index contributed by atoms with van der Waals surface area (Å²) in [5, 5.41) is 10.7. The third-order valence-corrected chi connectivity index (χ3v) is 10.6. The number of hydrogen-bond acceptors (Lipinski definition) is 10. The molecule has 0 bridgehead atoms. The van der Waals surface area contributed by atoms with E-state index in [2.05, 4.69) is 0 Å². The molecule has 4 atom stereocenters. The van der Waals surface area contributed by atoms with Crippen molar-refractivity contribution in [1.29, 1.82) is 0 Å². The van der Waals surface area contributed by atoms with Crippen molar-refractivity contribution in [1.82, 2.24) is 0 Å². The van der Waals surface area contributed by atoms with Crippen LogP contribution in [0.5, 0.6) is 0 Å². The van der Waals surface area contributed by atoms with Gasteiger partial charge in [-0.25, -0.2) is 0 Å². The first kappa shape index (κ1) is 42.7. The maximum absolute atomic E-state index is 10.9. The van der Waals surface area contributed by atoms with E-state index in [1.54, 1.807) is 0 Å². The third-order valence-electron chi connectivity index (χ3n) is 3.08. The van der Waals surface area contributed by atoms with Gasteiger partial charge in [-0.2, -0.15) is 0 Å². The van der Waals surface area contributed by atoms with Crippen molar-refractivity contribution in [2.75, 3.05) is 0 Å². The fourth-order valence-corrected chi connectivity index (χ4v) is 5.93. The Morgan fingerprint density at radius 3 is 0.786 bits per heavy atom. The SMILES string of the molecule is O=P([O-])(O)C(O)(CCCCC(O)(P(=O)([O-])O)P(=O)([O-])O)P(=O)([O-])O.[Na+].[Na+].[Na+].[Na+]. The van der Waals surface area contributed by atoms with E-state index in [1.165, 1.54) is 0 Å². The molecule has 0 fully saturated rings. The molecule has 0 aromatic heterocycles. The van der Waals surface area contributed by atoms with Crippen molar-refractivity contribution in [3.05, 3.63) is 0 Å². The van der Waals surface area contributed by atoms with Crippen LogP contribution in [0.15, 0.2) is 0 Å². The molecule has 0 aliphatic heterocycles. The molecule has 146 valence electrons. The molecule has 0 aromatic carbocycles. The Balaban J connectivity index is -0.000000441. The van der Waals surface area contributed by atoms with Gasteiger partial charge in [0.2, 0.25) is 0 Å². The molecule has 0 saturated heterocycles. The summed E-state index contributed by atoms with van der Waals surface area (Å²) in [5.41, 5.74) is 0. The summed E-state index contributed by atoms with van der Waals surface area (Å²) >= 11 is 0. The summed E-state index contributed by atoms with van der Waals surface area (Å²) in [7, 11) is -24.3. The minimum absolute atomic E-state index is 0. The molecule has 6 N–H and O–H groups in total. The average molecular weight is 526 g/mol. The first-order valence-corrected chi connectivity index (χ1v) is 12.1. The van der Waals surface area contributed by atoms with Crippen LogP contribution >= 0.6 is 30.4 Å². The monoisotopic (exact) mass is 526 g/mol. The summed E-state index contributed by atoms with van der Waals surface area (Å²) in [6, 6.07) is 0. The summed E-state index contributed by atoms with van der Waals surface area (Å²) in [5.74, 6) is 0. The third kappa shape index (κ3) is 10.8. The second-order valence-electron chi connectivity index (χ2n) is 4.84. The van der Waals surface area contributed by atoms with Gasteiger partial charge in [0, 0.05) is 0 Å². The van der Waals surface area contributed by atoms with Gasteiger partial charge in [-0.15, -0.1) is 0 Å². The van der Waals surface area contributed by atoms with Crippen LogP contribution in [-0.4, -0.2) is 40.0 Å². The molecule has 0 aromatic rings. The van der Waals surface area contributed by atoms with E-state index in [-0.39, 0.29) is 118 Å². The second-order valence-corrected chi connectivity index (χ2v) is 12.7.